The Hall–Kier alpha value is -1.64. The molecule has 100 valence electrons. The summed E-state index contributed by atoms with van der Waals surface area (Å²) >= 11 is 0. The third kappa shape index (κ3) is 4.70. The van der Waals surface area contributed by atoms with Gasteiger partial charge in [-0.3, -0.25) is 4.79 Å². The predicted molar refractivity (Wildman–Crippen MR) is 63.1 cm³/mol. The molecule has 0 unspecified atom stereocenters. The molecule has 0 aliphatic heterocycles. The van der Waals surface area contributed by atoms with Gasteiger partial charge >= 0.3 is 5.97 Å². The van der Waals surface area contributed by atoms with Crippen LogP contribution in [0.3, 0.4) is 0 Å². The van der Waals surface area contributed by atoms with Crippen molar-refractivity contribution in [1.82, 2.24) is 5.59 Å². The summed E-state index contributed by atoms with van der Waals surface area (Å²) in [6.45, 7) is 0.0632. The molecule has 0 spiro atoms. The standard InChI is InChI=1S/C10H14N2O5S/c1-18(14,15)9-4-2-3-8(7-9)16-6-5-10(13)17-12-11/h2-4,7,12H,5-6,11H2,1H3. The first kappa shape index (κ1) is 14.4. The molecule has 0 aliphatic rings. The third-order valence-electron chi connectivity index (χ3n) is 1.98. The number of carbonyl (C=O) groups is 1. The van der Waals surface area contributed by atoms with Gasteiger partial charge in [0.25, 0.3) is 0 Å². The number of rotatable bonds is 6. The van der Waals surface area contributed by atoms with E-state index in [1.54, 1.807) is 17.7 Å². The summed E-state index contributed by atoms with van der Waals surface area (Å²) in [6, 6.07) is 6.02. The Morgan fingerprint density at radius 3 is 2.78 bits per heavy atom. The molecule has 0 atom stereocenters. The molecule has 1 aromatic carbocycles. The maximum Gasteiger partial charge on any atom is 0.329 e. The lowest BCUT2D eigenvalue weighted by Crippen LogP contribution is -2.26. The van der Waals surface area contributed by atoms with Crippen LogP contribution in [0.2, 0.25) is 0 Å². The molecule has 18 heavy (non-hydrogen) atoms. The van der Waals surface area contributed by atoms with Gasteiger partial charge in [-0.2, -0.15) is 0 Å². The Balaban J connectivity index is 2.56. The molecule has 0 amide bonds. The van der Waals surface area contributed by atoms with Crippen LogP contribution in [0.5, 0.6) is 5.75 Å². The number of nitrogens with two attached hydrogens (primary N) is 1. The molecule has 1 rings (SSSR count). The van der Waals surface area contributed by atoms with E-state index in [2.05, 4.69) is 4.84 Å². The van der Waals surface area contributed by atoms with Gasteiger partial charge in [0, 0.05) is 6.26 Å². The van der Waals surface area contributed by atoms with E-state index in [1.165, 1.54) is 12.1 Å². The quantitative estimate of drug-likeness (QED) is 0.545. The van der Waals surface area contributed by atoms with Crippen LogP contribution in [0.1, 0.15) is 6.42 Å². The van der Waals surface area contributed by atoms with E-state index in [-0.39, 0.29) is 17.9 Å². The van der Waals surface area contributed by atoms with Crippen LogP contribution in [-0.2, 0) is 19.5 Å². The zero-order valence-electron chi connectivity index (χ0n) is 9.75. The minimum Gasteiger partial charge on any atom is -0.493 e. The van der Waals surface area contributed by atoms with Gasteiger partial charge in [0.1, 0.15) is 5.75 Å². The molecule has 1 aromatic rings. The summed E-state index contributed by atoms with van der Waals surface area (Å²) in [4.78, 5) is 15.3. The van der Waals surface area contributed by atoms with Gasteiger partial charge in [-0.05, 0) is 18.2 Å². The lowest BCUT2D eigenvalue weighted by molar-refractivity contribution is -0.151. The Kier molecular flexibility index (Phi) is 5.08. The molecule has 3 N–H and O–H groups in total. The number of hydrogen-bond acceptors (Lipinski definition) is 7. The zero-order chi connectivity index (χ0) is 13.6. The van der Waals surface area contributed by atoms with E-state index in [0.29, 0.717) is 5.75 Å². The van der Waals surface area contributed by atoms with Crippen molar-refractivity contribution in [3.05, 3.63) is 24.3 Å². The van der Waals surface area contributed by atoms with Crippen molar-refractivity contribution in [2.45, 2.75) is 11.3 Å². The topological polar surface area (TPSA) is 108 Å². The Labute approximate surface area is 105 Å². The lowest BCUT2D eigenvalue weighted by atomic mass is 10.3. The van der Waals surface area contributed by atoms with Crippen molar-refractivity contribution >= 4 is 15.8 Å². The highest BCUT2D eigenvalue weighted by Crippen LogP contribution is 2.17. The summed E-state index contributed by atoms with van der Waals surface area (Å²) in [6.07, 6.45) is 1.10. The minimum absolute atomic E-state index is 0.00664. The fourth-order valence-electron chi connectivity index (χ4n) is 1.16. The average Bonchev–Trinajstić information content (AvgIpc) is 2.29. The molecule has 7 nitrogen and oxygen atoms in total. The maximum absolute atomic E-state index is 11.3. The van der Waals surface area contributed by atoms with Crippen molar-refractivity contribution in [2.24, 2.45) is 5.84 Å². The first-order valence-electron chi connectivity index (χ1n) is 5.01. The number of sulfone groups is 1. The van der Waals surface area contributed by atoms with Crippen molar-refractivity contribution in [1.29, 1.82) is 0 Å². The van der Waals surface area contributed by atoms with Gasteiger partial charge in [0.05, 0.1) is 17.9 Å². The summed E-state index contributed by atoms with van der Waals surface area (Å²) in [5.74, 6) is 4.57. The molecule has 0 saturated carbocycles. The number of hydrazine groups is 1. The van der Waals surface area contributed by atoms with E-state index in [0.717, 1.165) is 6.26 Å². The minimum atomic E-state index is -3.27. The molecule has 0 aromatic heterocycles. The van der Waals surface area contributed by atoms with Gasteiger partial charge in [0.2, 0.25) is 0 Å². The highest BCUT2D eigenvalue weighted by Gasteiger charge is 2.08. The largest absolute Gasteiger partial charge is 0.493 e. The van der Waals surface area contributed by atoms with E-state index in [9.17, 15) is 13.2 Å². The van der Waals surface area contributed by atoms with Gasteiger partial charge < -0.3 is 9.57 Å². The molecule has 0 fully saturated rings. The van der Waals surface area contributed by atoms with Crippen LogP contribution in [0.4, 0.5) is 0 Å². The average molecular weight is 274 g/mol. The van der Waals surface area contributed by atoms with Gasteiger partial charge in [-0.1, -0.05) is 11.7 Å². The third-order valence-corrected chi connectivity index (χ3v) is 3.09. The van der Waals surface area contributed by atoms with Gasteiger partial charge in [0.15, 0.2) is 9.84 Å². The lowest BCUT2D eigenvalue weighted by Gasteiger charge is -2.06. The molecular weight excluding hydrogens is 260 g/mol. The van der Waals surface area contributed by atoms with Crippen molar-refractivity contribution in [3.8, 4) is 5.75 Å². The monoisotopic (exact) mass is 274 g/mol. The number of hydrogen-bond donors (Lipinski definition) is 2. The van der Waals surface area contributed by atoms with Crippen molar-refractivity contribution in [2.75, 3.05) is 12.9 Å². The SMILES string of the molecule is CS(=O)(=O)c1cccc(OCCC(=O)ONN)c1. The van der Waals surface area contributed by atoms with Crippen LogP contribution in [-0.4, -0.2) is 27.2 Å². The molecule has 0 radical (unpaired) electrons. The zero-order valence-corrected chi connectivity index (χ0v) is 10.6. The van der Waals surface area contributed by atoms with Gasteiger partial charge in [-0.15, -0.1) is 0 Å². The van der Waals surface area contributed by atoms with Crippen molar-refractivity contribution in [3.63, 3.8) is 0 Å². The highest BCUT2D eigenvalue weighted by atomic mass is 32.2. The fourth-order valence-corrected chi connectivity index (χ4v) is 1.82. The molecular formula is C10H14N2O5S. The van der Waals surface area contributed by atoms with Gasteiger partial charge in [-0.25, -0.2) is 14.3 Å². The second kappa shape index (κ2) is 6.34. The summed E-state index contributed by atoms with van der Waals surface area (Å²) < 4.78 is 27.8. The number of nitrogens with one attached hydrogen (secondary N) is 1. The molecule has 0 heterocycles. The number of ether oxygens (including phenoxy) is 1. The Morgan fingerprint density at radius 2 is 2.17 bits per heavy atom. The van der Waals surface area contributed by atoms with Crippen LogP contribution in [0, 0.1) is 0 Å². The molecule has 0 saturated heterocycles. The second-order valence-corrected chi connectivity index (χ2v) is 5.45. The molecule has 8 heteroatoms. The van der Waals surface area contributed by atoms with Crippen LogP contribution in [0.25, 0.3) is 0 Å². The van der Waals surface area contributed by atoms with E-state index in [1.807, 2.05) is 0 Å². The predicted octanol–water partition coefficient (Wildman–Crippen LogP) is -0.219. The number of benzene rings is 1. The maximum atomic E-state index is 11.3. The smallest absolute Gasteiger partial charge is 0.329 e. The summed E-state index contributed by atoms with van der Waals surface area (Å²) in [5, 5.41) is 0. The first-order valence-corrected chi connectivity index (χ1v) is 6.91. The summed E-state index contributed by atoms with van der Waals surface area (Å²) in [5.41, 5.74) is 1.76. The Morgan fingerprint density at radius 1 is 1.44 bits per heavy atom. The highest BCUT2D eigenvalue weighted by molar-refractivity contribution is 7.90. The number of carbonyl (C=O) groups excluding carboxylic acids is 1. The Bertz CT molecular complexity index is 515. The van der Waals surface area contributed by atoms with Crippen LogP contribution < -0.4 is 16.2 Å². The normalized spacial score (nSPS) is 11.0. The van der Waals surface area contributed by atoms with Crippen LogP contribution >= 0.6 is 0 Å². The first-order chi connectivity index (χ1) is 8.43. The van der Waals surface area contributed by atoms with E-state index in [4.69, 9.17) is 10.6 Å². The van der Waals surface area contributed by atoms with Crippen molar-refractivity contribution < 1.29 is 22.8 Å². The molecule has 0 bridgehead atoms. The van der Waals surface area contributed by atoms with E-state index < -0.39 is 15.8 Å². The second-order valence-electron chi connectivity index (χ2n) is 3.44. The summed E-state index contributed by atoms with van der Waals surface area (Å²) in [7, 11) is -3.27. The molecule has 0 aliphatic carbocycles. The van der Waals surface area contributed by atoms with Crippen LogP contribution in [0.15, 0.2) is 29.2 Å². The van der Waals surface area contributed by atoms with E-state index >= 15 is 0 Å². The fraction of sp³-hybridized carbons (Fsp3) is 0.300.